The van der Waals surface area contributed by atoms with Crippen LogP contribution in [0.25, 0.3) is 0 Å². The number of rotatable bonds is 5. The van der Waals surface area contributed by atoms with Crippen molar-refractivity contribution in [3.8, 4) is 11.5 Å². The SMILES string of the molecule is C/C=C/C1CCC2CC(c3ccc(C(=O)Oc4ccc(OC)c(F)c4F)cc3F)CCC2C1. The lowest BCUT2D eigenvalue weighted by Crippen LogP contribution is -2.30. The summed E-state index contributed by atoms with van der Waals surface area (Å²) in [6.45, 7) is 2.07. The van der Waals surface area contributed by atoms with Gasteiger partial charge < -0.3 is 9.47 Å². The normalized spacial score (nSPS) is 25.0. The second-order valence-electron chi connectivity index (χ2n) is 9.15. The lowest BCUT2D eigenvalue weighted by molar-refractivity contribution is 0.0725. The number of hydrogen-bond donors (Lipinski definition) is 0. The summed E-state index contributed by atoms with van der Waals surface area (Å²) in [5, 5.41) is 0. The minimum Gasteiger partial charge on any atom is -0.494 e. The average Bonchev–Trinajstić information content (AvgIpc) is 2.82. The standard InChI is InChI=1S/C27H29F3O3/c1-3-4-16-5-6-18-14-19(8-7-17(18)13-16)21-10-9-20(15-22(21)28)27(31)33-24-12-11-23(32-2)25(29)26(24)30/h3-4,9-12,15-19H,5-8,13-14H2,1-2H3/b4-3+. The molecular formula is C27H29F3O3. The minimum atomic E-state index is -1.33. The smallest absolute Gasteiger partial charge is 0.343 e. The molecule has 0 radical (unpaired) electrons. The summed E-state index contributed by atoms with van der Waals surface area (Å²) < 4.78 is 52.6. The molecule has 0 bridgehead atoms. The van der Waals surface area contributed by atoms with Crippen molar-refractivity contribution < 1.29 is 27.4 Å². The predicted octanol–water partition coefficient (Wildman–Crippen LogP) is 7.21. The molecule has 2 aliphatic rings. The number of benzene rings is 2. The molecule has 3 nitrogen and oxygen atoms in total. The van der Waals surface area contributed by atoms with Gasteiger partial charge in [-0.25, -0.2) is 9.18 Å². The van der Waals surface area contributed by atoms with Crippen LogP contribution < -0.4 is 9.47 Å². The van der Waals surface area contributed by atoms with Crippen LogP contribution in [0.2, 0.25) is 0 Å². The zero-order chi connectivity index (χ0) is 23.5. The summed E-state index contributed by atoms with van der Waals surface area (Å²) in [5.74, 6) is -2.76. The Morgan fingerprint density at radius 2 is 1.64 bits per heavy atom. The van der Waals surface area contributed by atoms with E-state index in [1.807, 2.05) is 0 Å². The summed E-state index contributed by atoms with van der Waals surface area (Å²) in [4.78, 5) is 12.4. The number of carbonyl (C=O) groups is 1. The van der Waals surface area contributed by atoms with Crippen LogP contribution in [0.1, 0.15) is 67.3 Å². The molecule has 2 aliphatic carbocycles. The first-order valence-electron chi connectivity index (χ1n) is 11.6. The lowest BCUT2D eigenvalue weighted by Gasteiger charge is -2.41. The van der Waals surface area contributed by atoms with E-state index in [1.54, 1.807) is 6.07 Å². The zero-order valence-electron chi connectivity index (χ0n) is 19.0. The summed E-state index contributed by atoms with van der Waals surface area (Å²) in [6, 6.07) is 6.52. The zero-order valence-corrected chi connectivity index (χ0v) is 19.0. The number of fused-ring (bicyclic) bond motifs is 1. The van der Waals surface area contributed by atoms with Crippen molar-refractivity contribution in [1.82, 2.24) is 0 Å². The third-order valence-electron chi connectivity index (χ3n) is 7.23. The van der Waals surface area contributed by atoms with E-state index in [1.165, 1.54) is 32.4 Å². The highest BCUT2D eigenvalue weighted by Gasteiger charge is 2.36. The van der Waals surface area contributed by atoms with Crippen molar-refractivity contribution in [2.45, 2.75) is 51.4 Å². The maximum atomic E-state index is 15.0. The molecule has 4 atom stereocenters. The van der Waals surface area contributed by atoms with Gasteiger partial charge in [-0.05, 0) is 98.9 Å². The Labute approximate surface area is 192 Å². The van der Waals surface area contributed by atoms with Crippen LogP contribution in [-0.4, -0.2) is 13.1 Å². The molecule has 6 heteroatoms. The van der Waals surface area contributed by atoms with Gasteiger partial charge in [0.25, 0.3) is 0 Å². The highest BCUT2D eigenvalue weighted by Crippen LogP contribution is 2.48. The van der Waals surface area contributed by atoms with Crippen molar-refractivity contribution in [1.29, 1.82) is 0 Å². The fourth-order valence-corrected chi connectivity index (χ4v) is 5.55. The molecule has 0 heterocycles. The van der Waals surface area contributed by atoms with Crippen LogP contribution in [0, 0.1) is 35.2 Å². The summed E-state index contributed by atoms with van der Waals surface area (Å²) in [7, 11) is 1.20. The minimum absolute atomic E-state index is 0.0487. The molecule has 2 saturated carbocycles. The Morgan fingerprint density at radius 1 is 0.939 bits per heavy atom. The van der Waals surface area contributed by atoms with Crippen LogP contribution in [0.4, 0.5) is 13.2 Å². The van der Waals surface area contributed by atoms with Gasteiger partial charge in [-0.2, -0.15) is 8.78 Å². The Kier molecular flexibility index (Phi) is 7.11. The number of hydrogen-bond acceptors (Lipinski definition) is 3. The predicted molar refractivity (Wildman–Crippen MR) is 120 cm³/mol. The Balaban J connectivity index is 1.43. The molecule has 0 amide bonds. The average molecular weight is 459 g/mol. The van der Waals surface area contributed by atoms with E-state index in [4.69, 9.17) is 9.47 Å². The van der Waals surface area contributed by atoms with Crippen LogP contribution in [0.3, 0.4) is 0 Å². The molecule has 0 aromatic heterocycles. The summed E-state index contributed by atoms with van der Waals surface area (Å²) in [6.07, 6.45) is 11.0. The van der Waals surface area contributed by atoms with E-state index in [0.29, 0.717) is 23.3 Å². The van der Waals surface area contributed by atoms with Crippen molar-refractivity contribution in [2.75, 3.05) is 7.11 Å². The first-order valence-corrected chi connectivity index (χ1v) is 11.6. The summed E-state index contributed by atoms with van der Waals surface area (Å²) in [5.41, 5.74) is 0.565. The number of allylic oxidation sites excluding steroid dienone is 2. The van der Waals surface area contributed by atoms with Gasteiger partial charge in [0, 0.05) is 0 Å². The van der Waals surface area contributed by atoms with E-state index >= 15 is 0 Å². The molecule has 4 unspecified atom stereocenters. The maximum absolute atomic E-state index is 15.0. The summed E-state index contributed by atoms with van der Waals surface area (Å²) >= 11 is 0. The molecule has 0 spiro atoms. The van der Waals surface area contributed by atoms with E-state index in [-0.39, 0.29) is 17.2 Å². The van der Waals surface area contributed by atoms with Gasteiger partial charge in [-0.1, -0.05) is 18.2 Å². The van der Waals surface area contributed by atoms with E-state index in [0.717, 1.165) is 37.5 Å². The Hall–Kier alpha value is -2.76. The van der Waals surface area contributed by atoms with Crippen molar-refractivity contribution >= 4 is 5.97 Å². The van der Waals surface area contributed by atoms with E-state index in [2.05, 4.69) is 19.1 Å². The second kappa shape index (κ2) is 10.0. The number of carbonyl (C=O) groups excluding carboxylic acids is 1. The fourth-order valence-electron chi connectivity index (χ4n) is 5.55. The van der Waals surface area contributed by atoms with Gasteiger partial charge in [0.05, 0.1) is 12.7 Å². The van der Waals surface area contributed by atoms with Gasteiger partial charge >= 0.3 is 5.97 Å². The van der Waals surface area contributed by atoms with Gasteiger partial charge in [-0.3, -0.25) is 0 Å². The first kappa shape index (κ1) is 23.4. The van der Waals surface area contributed by atoms with Crippen molar-refractivity contribution in [3.05, 3.63) is 71.1 Å². The largest absolute Gasteiger partial charge is 0.494 e. The number of halogens is 3. The van der Waals surface area contributed by atoms with Crippen LogP contribution in [0.5, 0.6) is 11.5 Å². The van der Waals surface area contributed by atoms with Gasteiger partial charge in [0.2, 0.25) is 11.6 Å². The van der Waals surface area contributed by atoms with Crippen LogP contribution in [0.15, 0.2) is 42.5 Å². The number of esters is 1. The van der Waals surface area contributed by atoms with Crippen molar-refractivity contribution in [3.63, 3.8) is 0 Å². The molecular weight excluding hydrogens is 429 g/mol. The molecule has 0 aliphatic heterocycles. The molecule has 0 saturated heterocycles. The van der Waals surface area contributed by atoms with Gasteiger partial charge in [0.15, 0.2) is 11.5 Å². The maximum Gasteiger partial charge on any atom is 0.343 e. The molecule has 176 valence electrons. The van der Waals surface area contributed by atoms with Crippen LogP contribution in [-0.2, 0) is 0 Å². The topological polar surface area (TPSA) is 35.5 Å². The third kappa shape index (κ3) is 4.94. The number of ether oxygens (including phenoxy) is 2. The second-order valence-corrected chi connectivity index (χ2v) is 9.15. The van der Waals surface area contributed by atoms with Gasteiger partial charge in [-0.15, -0.1) is 0 Å². The first-order chi connectivity index (χ1) is 15.9. The highest BCUT2D eigenvalue weighted by atomic mass is 19.2. The monoisotopic (exact) mass is 458 g/mol. The molecule has 0 N–H and O–H groups in total. The highest BCUT2D eigenvalue weighted by molar-refractivity contribution is 5.91. The van der Waals surface area contributed by atoms with Gasteiger partial charge in [0.1, 0.15) is 5.82 Å². The van der Waals surface area contributed by atoms with E-state index < -0.39 is 29.2 Å². The third-order valence-corrected chi connectivity index (χ3v) is 7.23. The molecule has 2 fully saturated rings. The van der Waals surface area contributed by atoms with Crippen LogP contribution >= 0.6 is 0 Å². The number of methoxy groups -OCH3 is 1. The lowest BCUT2D eigenvalue weighted by atomic mass is 9.64. The molecule has 2 aromatic carbocycles. The van der Waals surface area contributed by atoms with E-state index in [9.17, 15) is 18.0 Å². The Bertz CT molecular complexity index is 1050. The Morgan fingerprint density at radius 3 is 2.36 bits per heavy atom. The molecule has 33 heavy (non-hydrogen) atoms. The quantitative estimate of drug-likeness (QED) is 0.270. The fraction of sp³-hybridized carbons (Fsp3) is 0.444. The molecule has 4 rings (SSSR count). The molecule has 2 aromatic rings. The van der Waals surface area contributed by atoms with Crippen molar-refractivity contribution in [2.24, 2.45) is 17.8 Å².